The fraction of sp³-hybridized carbons (Fsp3) is 0.0556. The number of carbonyl (C=O) groups excluding carboxylic acids is 1. The van der Waals surface area contributed by atoms with E-state index in [1.807, 2.05) is 12.1 Å². The first-order chi connectivity index (χ1) is 12.1. The van der Waals surface area contributed by atoms with Crippen LogP contribution in [0.1, 0.15) is 10.4 Å². The van der Waals surface area contributed by atoms with Crippen LogP contribution in [0.25, 0.3) is 0 Å². The third-order valence-electron chi connectivity index (χ3n) is 3.33. The molecule has 0 saturated carbocycles. The molecule has 7 heteroatoms. The molecule has 0 aliphatic carbocycles. The van der Waals surface area contributed by atoms with E-state index >= 15 is 0 Å². The second-order valence-electron chi connectivity index (χ2n) is 5.09. The lowest BCUT2D eigenvalue weighted by Gasteiger charge is -2.09. The zero-order chi connectivity index (χ0) is 17.6. The molecule has 1 heterocycles. The summed E-state index contributed by atoms with van der Waals surface area (Å²) in [5, 5.41) is 6.93. The predicted molar refractivity (Wildman–Crippen MR) is 97.8 cm³/mol. The number of hydrogen-bond donors (Lipinski definition) is 2. The second kappa shape index (κ2) is 7.63. The van der Waals surface area contributed by atoms with Gasteiger partial charge in [-0.2, -0.15) is 4.98 Å². The Balaban J connectivity index is 1.71. The molecule has 1 aromatic heterocycles. The Morgan fingerprint density at radius 1 is 0.960 bits per heavy atom. The van der Waals surface area contributed by atoms with Gasteiger partial charge in [0.2, 0.25) is 5.95 Å². The van der Waals surface area contributed by atoms with E-state index in [-0.39, 0.29) is 5.97 Å². The maximum atomic E-state index is 11.4. The molecular weight excluding hydrogens is 340 g/mol. The van der Waals surface area contributed by atoms with Crippen LogP contribution >= 0.6 is 11.6 Å². The Kier molecular flexibility index (Phi) is 5.11. The number of methoxy groups -OCH3 is 1. The van der Waals surface area contributed by atoms with E-state index in [4.69, 9.17) is 11.6 Å². The summed E-state index contributed by atoms with van der Waals surface area (Å²) in [7, 11) is 1.35. The summed E-state index contributed by atoms with van der Waals surface area (Å²) in [4.78, 5) is 20.0. The molecule has 2 N–H and O–H groups in total. The first-order valence-electron chi connectivity index (χ1n) is 7.45. The highest BCUT2D eigenvalue weighted by Gasteiger charge is 2.05. The number of hydrogen-bond acceptors (Lipinski definition) is 6. The first-order valence-corrected chi connectivity index (χ1v) is 7.83. The SMILES string of the molecule is COC(=O)c1ccc(Nc2ccnc(Nc3ccc(Cl)cc3)n2)cc1. The summed E-state index contributed by atoms with van der Waals surface area (Å²) in [6, 6.07) is 15.9. The molecule has 0 aliphatic rings. The van der Waals surface area contributed by atoms with E-state index in [1.165, 1.54) is 7.11 Å². The lowest BCUT2D eigenvalue weighted by Crippen LogP contribution is -2.02. The Morgan fingerprint density at radius 2 is 1.60 bits per heavy atom. The molecule has 0 saturated heterocycles. The van der Waals surface area contributed by atoms with Crippen LogP contribution in [0, 0.1) is 0 Å². The number of aromatic nitrogens is 2. The summed E-state index contributed by atoms with van der Waals surface area (Å²) in [6.07, 6.45) is 1.65. The molecule has 3 aromatic rings. The average Bonchev–Trinajstić information content (AvgIpc) is 2.64. The number of rotatable bonds is 5. The van der Waals surface area contributed by atoms with Crippen LogP contribution in [0.4, 0.5) is 23.1 Å². The summed E-state index contributed by atoms with van der Waals surface area (Å²) in [5.41, 5.74) is 2.12. The lowest BCUT2D eigenvalue weighted by molar-refractivity contribution is 0.0601. The minimum Gasteiger partial charge on any atom is -0.465 e. The van der Waals surface area contributed by atoms with Gasteiger partial charge in [-0.05, 0) is 54.6 Å². The number of carbonyl (C=O) groups is 1. The van der Waals surface area contributed by atoms with Crippen molar-refractivity contribution in [2.75, 3.05) is 17.7 Å². The number of ether oxygens (including phenoxy) is 1. The van der Waals surface area contributed by atoms with Crippen molar-refractivity contribution in [3.63, 3.8) is 0 Å². The second-order valence-corrected chi connectivity index (χ2v) is 5.53. The van der Waals surface area contributed by atoms with Crippen LogP contribution in [0.2, 0.25) is 5.02 Å². The number of nitrogens with zero attached hydrogens (tertiary/aromatic N) is 2. The molecule has 0 unspecified atom stereocenters. The number of halogens is 1. The molecule has 0 bridgehead atoms. The Bertz CT molecular complexity index is 867. The predicted octanol–water partition coefficient (Wildman–Crippen LogP) is 4.40. The van der Waals surface area contributed by atoms with Crippen LogP contribution in [0.5, 0.6) is 0 Å². The van der Waals surface area contributed by atoms with E-state index in [0.29, 0.717) is 22.4 Å². The fourth-order valence-corrected chi connectivity index (χ4v) is 2.23. The van der Waals surface area contributed by atoms with Crippen molar-refractivity contribution >= 4 is 40.7 Å². The van der Waals surface area contributed by atoms with Gasteiger partial charge in [0.25, 0.3) is 0 Å². The highest BCUT2D eigenvalue weighted by atomic mass is 35.5. The molecule has 0 aliphatic heterocycles. The topological polar surface area (TPSA) is 76.1 Å². The van der Waals surface area contributed by atoms with Gasteiger partial charge in [0.15, 0.2) is 0 Å². The normalized spacial score (nSPS) is 10.2. The quantitative estimate of drug-likeness (QED) is 0.661. The molecular formula is C18H15ClN4O2. The summed E-state index contributed by atoms with van der Waals surface area (Å²) in [6.45, 7) is 0. The van der Waals surface area contributed by atoms with Gasteiger partial charge >= 0.3 is 5.97 Å². The largest absolute Gasteiger partial charge is 0.465 e. The average molecular weight is 355 g/mol. The van der Waals surface area contributed by atoms with Crippen LogP contribution in [0.15, 0.2) is 60.8 Å². The van der Waals surface area contributed by atoms with Crippen molar-refractivity contribution in [1.82, 2.24) is 9.97 Å². The maximum Gasteiger partial charge on any atom is 0.337 e. The molecule has 0 fully saturated rings. The zero-order valence-electron chi connectivity index (χ0n) is 13.4. The highest BCUT2D eigenvalue weighted by molar-refractivity contribution is 6.30. The molecule has 3 rings (SSSR count). The van der Waals surface area contributed by atoms with Crippen molar-refractivity contribution < 1.29 is 9.53 Å². The maximum absolute atomic E-state index is 11.4. The third-order valence-corrected chi connectivity index (χ3v) is 3.59. The Labute approximate surface area is 149 Å². The fourth-order valence-electron chi connectivity index (χ4n) is 2.11. The van der Waals surface area contributed by atoms with Crippen molar-refractivity contribution in [2.45, 2.75) is 0 Å². The minimum atomic E-state index is -0.372. The summed E-state index contributed by atoms with van der Waals surface area (Å²) in [5.74, 6) is 0.707. The van der Waals surface area contributed by atoms with Crippen molar-refractivity contribution in [3.05, 3.63) is 71.4 Å². The van der Waals surface area contributed by atoms with Gasteiger partial charge < -0.3 is 15.4 Å². The number of anilines is 4. The molecule has 25 heavy (non-hydrogen) atoms. The van der Waals surface area contributed by atoms with Gasteiger partial charge in [-0.15, -0.1) is 0 Å². The Hall–Kier alpha value is -3.12. The molecule has 0 atom stereocenters. The number of nitrogens with one attached hydrogen (secondary N) is 2. The van der Waals surface area contributed by atoms with Crippen molar-refractivity contribution in [3.8, 4) is 0 Å². The van der Waals surface area contributed by atoms with E-state index in [0.717, 1.165) is 11.4 Å². The summed E-state index contributed by atoms with van der Waals surface area (Å²) >= 11 is 5.87. The van der Waals surface area contributed by atoms with Gasteiger partial charge in [-0.3, -0.25) is 0 Å². The molecule has 0 amide bonds. The van der Waals surface area contributed by atoms with E-state index in [1.54, 1.807) is 48.7 Å². The van der Waals surface area contributed by atoms with Crippen molar-refractivity contribution in [1.29, 1.82) is 0 Å². The number of benzene rings is 2. The van der Waals surface area contributed by atoms with Crippen LogP contribution in [0.3, 0.4) is 0 Å². The van der Waals surface area contributed by atoms with E-state index in [2.05, 4.69) is 25.3 Å². The van der Waals surface area contributed by atoms with Gasteiger partial charge in [0.05, 0.1) is 12.7 Å². The van der Waals surface area contributed by atoms with Crippen molar-refractivity contribution in [2.24, 2.45) is 0 Å². The monoisotopic (exact) mass is 354 g/mol. The number of esters is 1. The van der Waals surface area contributed by atoms with E-state index < -0.39 is 0 Å². The van der Waals surface area contributed by atoms with Crippen LogP contribution in [-0.2, 0) is 4.74 Å². The Morgan fingerprint density at radius 3 is 2.28 bits per heavy atom. The standard InChI is InChI=1S/C18H15ClN4O2/c1-25-17(24)12-2-6-14(7-3-12)21-16-10-11-20-18(23-16)22-15-8-4-13(19)5-9-15/h2-11H,1H3,(H2,20,21,22,23). The van der Waals surface area contributed by atoms with Crippen LogP contribution in [-0.4, -0.2) is 23.0 Å². The van der Waals surface area contributed by atoms with Gasteiger partial charge in [-0.1, -0.05) is 11.6 Å². The molecule has 126 valence electrons. The minimum absolute atomic E-state index is 0.372. The van der Waals surface area contributed by atoms with E-state index in [9.17, 15) is 4.79 Å². The molecule has 0 spiro atoms. The molecule has 0 radical (unpaired) electrons. The van der Waals surface area contributed by atoms with Gasteiger partial charge in [0.1, 0.15) is 5.82 Å². The highest BCUT2D eigenvalue weighted by Crippen LogP contribution is 2.19. The molecule has 6 nitrogen and oxygen atoms in total. The molecule has 2 aromatic carbocycles. The van der Waals surface area contributed by atoms with Gasteiger partial charge in [0, 0.05) is 22.6 Å². The zero-order valence-corrected chi connectivity index (χ0v) is 14.1. The van der Waals surface area contributed by atoms with Crippen LogP contribution < -0.4 is 10.6 Å². The van der Waals surface area contributed by atoms with Gasteiger partial charge in [-0.25, -0.2) is 9.78 Å². The first kappa shape index (κ1) is 16.7. The third kappa shape index (κ3) is 4.45. The smallest absolute Gasteiger partial charge is 0.337 e. The lowest BCUT2D eigenvalue weighted by atomic mass is 10.2. The summed E-state index contributed by atoms with van der Waals surface area (Å²) < 4.78 is 4.68.